The Labute approximate surface area is 211 Å². The first kappa shape index (κ1) is 25.4. The van der Waals surface area contributed by atoms with Crippen LogP contribution in [0.1, 0.15) is 42.7 Å². The lowest BCUT2D eigenvalue weighted by Gasteiger charge is -2.37. The van der Waals surface area contributed by atoms with Crippen molar-refractivity contribution in [2.75, 3.05) is 35.6 Å². The maximum absolute atomic E-state index is 11.0. The monoisotopic (exact) mass is 490 g/mol. The number of pyridine rings is 1. The fourth-order valence-electron chi connectivity index (χ4n) is 4.77. The van der Waals surface area contributed by atoms with E-state index in [1.807, 2.05) is 0 Å². The van der Waals surface area contributed by atoms with Crippen LogP contribution in [0, 0.1) is 13.8 Å². The standard InChI is InChI=1S/C27H34N6O3/c1-16-7-5-8-20-13-21(26(31-24(16)20)33-14-17(2)36-18(3)15-33)9-6-12-29-25-22(10-11-23(34)35)19(4)30-27(28)32-25/h5,7-8,10-11,13,17-18H,6,9,12,14-15H2,1-4H3,(H,34,35)(H3,28,29,30,32)/t17-,18+. The molecule has 0 unspecified atom stereocenters. The first-order valence-corrected chi connectivity index (χ1v) is 12.3. The number of aliphatic carboxylic acids is 1. The molecule has 2 atom stereocenters. The summed E-state index contributed by atoms with van der Waals surface area (Å²) in [5.74, 6) is 0.664. The van der Waals surface area contributed by atoms with Crippen molar-refractivity contribution in [3.8, 4) is 0 Å². The molecule has 3 aromatic rings. The van der Waals surface area contributed by atoms with Gasteiger partial charge in [0.15, 0.2) is 0 Å². The molecule has 1 fully saturated rings. The highest BCUT2D eigenvalue weighted by molar-refractivity contribution is 5.87. The van der Waals surface area contributed by atoms with E-state index in [0.717, 1.165) is 54.3 Å². The van der Waals surface area contributed by atoms with Gasteiger partial charge in [0.1, 0.15) is 11.6 Å². The number of nitrogens with one attached hydrogen (secondary N) is 1. The lowest BCUT2D eigenvalue weighted by Crippen LogP contribution is -2.46. The third-order valence-corrected chi connectivity index (χ3v) is 6.28. The average Bonchev–Trinajstić information content (AvgIpc) is 2.80. The molecule has 1 aliphatic rings. The molecule has 190 valence electrons. The highest BCUT2D eigenvalue weighted by Gasteiger charge is 2.25. The first-order valence-electron chi connectivity index (χ1n) is 12.3. The number of hydrogen-bond acceptors (Lipinski definition) is 8. The van der Waals surface area contributed by atoms with Gasteiger partial charge < -0.3 is 25.8 Å². The maximum Gasteiger partial charge on any atom is 0.328 e. The van der Waals surface area contributed by atoms with E-state index in [0.29, 0.717) is 23.6 Å². The number of para-hydroxylation sites is 1. The molecular formula is C27H34N6O3. The Kier molecular flexibility index (Phi) is 7.69. The predicted octanol–water partition coefficient (Wildman–Crippen LogP) is 3.98. The summed E-state index contributed by atoms with van der Waals surface area (Å²) in [6.45, 7) is 10.3. The average molecular weight is 491 g/mol. The van der Waals surface area contributed by atoms with Gasteiger partial charge in [-0.1, -0.05) is 18.2 Å². The Morgan fingerprint density at radius 1 is 1.22 bits per heavy atom. The number of nitrogens with zero attached hydrogens (tertiary/aromatic N) is 4. The second kappa shape index (κ2) is 10.9. The number of ether oxygens (including phenoxy) is 1. The van der Waals surface area contributed by atoms with E-state index in [1.165, 1.54) is 11.6 Å². The van der Waals surface area contributed by atoms with Gasteiger partial charge in [-0.05, 0) is 63.8 Å². The van der Waals surface area contributed by atoms with E-state index in [2.05, 4.69) is 65.2 Å². The number of rotatable bonds is 8. The van der Waals surface area contributed by atoms with Gasteiger partial charge in [0.2, 0.25) is 5.95 Å². The Morgan fingerprint density at radius 3 is 2.69 bits per heavy atom. The zero-order chi connectivity index (χ0) is 25.8. The van der Waals surface area contributed by atoms with Crippen LogP contribution in [0.4, 0.5) is 17.6 Å². The molecule has 1 aliphatic heterocycles. The normalized spacial score (nSPS) is 18.2. The summed E-state index contributed by atoms with van der Waals surface area (Å²) in [5, 5.41) is 13.5. The summed E-state index contributed by atoms with van der Waals surface area (Å²) in [6.07, 6.45) is 4.49. The number of nitrogens with two attached hydrogens (primary N) is 1. The van der Waals surface area contributed by atoms with E-state index in [1.54, 1.807) is 6.92 Å². The van der Waals surface area contributed by atoms with Crippen molar-refractivity contribution < 1.29 is 14.6 Å². The van der Waals surface area contributed by atoms with Crippen LogP contribution in [0.2, 0.25) is 0 Å². The topological polar surface area (TPSA) is 126 Å². The minimum atomic E-state index is -1.03. The van der Waals surface area contributed by atoms with Gasteiger partial charge in [-0.15, -0.1) is 0 Å². The molecule has 0 spiro atoms. The van der Waals surface area contributed by atoms with Crippen molar-refractivity contribution in [2.24, 2.45) is 0 Å². The number of morpholine rings is 1. The fourth-order valence-corrected chi connectivity index (χ4v) is 4.77. The van der Waals surface area contributed by atoms with Crippen molar-refractivity contribution in [3.05, 3.63) is 52.7 Å². The Bertz CT molecular complexity index is 1280. The van der Waals surface area contributed by atoms with Gasteiger partial charge in [0.25, 0.3) is 0 Å². The van der Waals surface area contributed by atoms with E-state index >= 15 is 0 Å². The highest BCUT2D eigenvalue weighted by atomic mass is 16.5. The van der Waals surface area contributed by atoms with E-state index < -0.39 is 5.97 Å². The summed E-state index contributed by atoms with van der Waals surface area (Å²) < 4.78 is 5.96. The van der Waals surface area contributed by atoms with Gasteiger partial charge in [-0.25, -0.2) is 14.8 Å². The van der Waals surface area contributed by atoms with Crippen LogP contribution in [0.3, 0.4) is 0 Å². The summed E-state index contributed by atoms with van der Waals surface area (Å²) in [4.78, 5) is 26.9. The number of nitrogen functional groups attached to an aromatic ring is 1. The molecule has 1 saturated heterocycles. The predicted molar refractivity (Wildman–Crippen MR) is 143 cm³/mol. The molecule has 9 heteroatoms. The van der Waals surface area contributed by atoms with E-state index in [9.17, 15) is 4.79 Å². The summed E-state index contributed by atoms with van der Waals surface area (Å²) >= 11 is 0. The smallest absolute Gasteiger partial charge is 0.328 e. The van der Waals surface area contributed by atoms with Gasteiger partial charge in [0.05, 0.1) is 23.4 Å². The third-order valence-electron chi connectivity index (χ3n) is 6.28. The highest BCUT2D eigenvalue weighted by Crippen LogP contribution is 2.29. The number of aryl methyl sites for hydroxylation is 3. The van der Waals surface area contributed by atoms with Gasteiger partial charge >= 0.3 is 5.97 Å². The summed E-state index contributed by atoms with van der Waals surface area (Å²) in [7, 11) is 0. The van der Waals surface area contributed by atoms with Crippen molar-refractivity contribution in [3.63, 3.8) is 0 Å². The molecule has 2 aromatic heterocycles. The maximum atomic E-state index is 11.0. The molecule has 9 nitrogen and oxygen atoms in total. The van der Waals surface area contributed by atoms with Crippen LogP contribution >= 0.6 is 0 Å². The molecule has 0 aliphatic carbocycles. The van der Waals surface area contributed by atoms with Gasteiger partial charge in [-0.2, -0.15) is 4.98 Å². The number of carbonyl (C=O) groups is 1. The van der Waals surface area contributed by atoms with Crippen LogP contribution in [-0.4, -0.2) is 57.9 Å². The van der Waals surface area contributed by atoms with Crippen LogP contribution < -0.4 is 16.0 Å². The number of fused-ring (bicyclic) bond motifs is 1. The van der Waals surface area contributed by atoms with Crippen molar-refractivity contribution >= 4 is 40.5 Å². The van der Waals surface area contributed by atoms with Crippen LogP contribution in [0.25, 0.3) is 17.0 Å². The van der Waals surface area contributed by atoms with Crippen LogP contribution in [0.15, 0.2) is 30.3 Å². The molecule has 0 amide bonds. The van der Waals surface area contributed by atoms with Crippen molar-refractivity contribution in [2.45, 2.75) is 52.7 Å². The molecular weight excluding hydrogens is 456 g/mol. The molecule has 36 heavy (non-hydrogen) atoms. The zero-order valence-corrected chi connectivity index (χ0v) is 21.3. The number of carboxylic acids is 1. The largest absolute Gasteiger partial charge is 0.478 e. The fraction of sp³-hybridized carbons (Fsp3) is 0.407. The SMILES string of the molecule is Cc1nc(N)nc(NCCCc2cc3cccc(C)c3nc2N2C[C@@H](C)O[C@@H](C)C2)c1C=CC(=O)O. The van der Waals surface area contributed by atoms with E-state index in [4.69, 9.17) is 20.6 Å². The quantitative estimate of drug-likeness (QED) is 0.317. The second-order valence-electron chi connectivity index (χ2n) is 9.41. The Hall–Kier alpha value is -3.72. The molecule has 4 rings (SSSR count). The first-order chi connectivity index (χ1) is 17.2. The zero-order valence-electron chi connectivity index (χ0n) is 21.3. The van der Waals surface area contributed by atoms with Crippen molar-refractivity contribution in [1.29, 1.82) is 0 Å². The number of hydrogen-bond donors (Lipinski definition) is 3. The molecule has 1 aromatic carbocycles. The number of benzene rings is 1. The number of anilines is 3. The minimum Gasteiger partial charge on any atom is -0.478 e. The molecule has 4 N–H and O–H groups in total. The van der Waals surface area contributed by atoms with Gasteiger partial charge in [-0.3, -0.25) is 0 Å². The number of carboxylic acid groups (broad SMARTS) is 1. The minimum absolute atomic E-state index is 0.140. The van der Waals surface area contributed by atoms with Crippen molar-refractivity contribution in [1.82, 2.24) is 15.0 Å². The Balaban J connectivity index is 1.55. The lowest BCUT2D eigenvalue weighted by molar-refractivity contribution is -0.131. The summed E-state index contributed by atoms with van der Waals surface area (Å²) in [5.41, 5.74) is 10.5. The molecule has 0 saturated carbocycles. The van der Waals surface area contributed by atoms with Gasteiger partial charge in [0, 0.05) is 36.7 Å². The van der Waals surface area contributed by atoms with Crippen LogP contribution in [0.5, 0.6) is 0 Å². The second-order valence-corrected chi connectivity index (χ2v) is 9.41. The summed E-state index contributed by atoms with van der Waals surface area (Å²) in [6, 6.07) is 8.53. The van der Waals surface area contributed by atoms with Crippen LogP contribution in [-0.2, 0) is 16.0 Å². The lowest BCUT2D eigenvalue weighted by atomic mass is 10.0. The Morgan fingerprint density at radius 2 is 1.97 bits per heavy atom. The van der Waals surface area contributed by atoms with E-state index in [-0.39, 0.29) is 18.2 Å². The third kappa shape index (κ3) is 5.91. The molecule has 3 heterocycles. The molecule has 0 radical (unpaired) electrons. The molecule has 0 bridgehead atoms. The number of aromatic nitrogens is 3.